The molecular formula is C22H27FN6O4. The molecule has 2 aromatic heterocycles. The van der Waals surface area contributed by atoms with Crippen LogP contribution in [0.15, 0.2) is 43.1 Å². The number of ether oxygens (including phenoxy) is 3. The number of phenolic OH excluding ortho intramolecular Hbond substituents is 1. The largest absolute Gasteiger partial charge is 0.508 e. The molecule has 3 aromatic rings. The van der Waals surface area contributed by atoms with Gasteiger partial charge in [-0.15, -0.1) is 5.10 Å². The van der Waals surface area contributed by atoms with Crippen LogP contribution in [0.1, 0.15) is 11.3 Å². The Morgan fingerprint density at radius 1 is 1.24 bits per heavy atom. The number of hydrogen-bond acceptors (Lipinski definition) is 8. The van der Waals surface area contributed by atoms with Gasteiger partial charge in [0.15, 0.2) is 0 Å². The normalized spacial score (nSPS) is 23.8. The van der Waals surface area contributed by atoms with Gasteiger partial charge in [0.2, 0.25) is 5.79 Å². The zero-order valence-corrected chi connectivity index (χ0v) is 18.2. The predicted molar refractivity (Wildman–Crippen MR) is 114 cm³/mol. The van der Waals surface area contributed by atoms with Crippen LogP contribution in [0.2, 0.25) is 0 Å². The lowest BCUT2D eigenvalue weighted by molar-refractivity contribution is -0.190. The number of hydrogen-bond donors (Lipinski definition) is 1. The van der Waals surface area contributed by atoms with E-state index in [4.69, 9.17) is 14.2 Å². The molecule has 0 radical (unpaired) electrons. The first-order chi connectivity index (χ1) is 16.1. The van der Waals surface area contributed by atoms with E-state index in [1.807, 2.05) is 6.20 Å². The van der Waals surface area contributed by atoms with Gasteiger partial charge in [-0.3, -0.25) is 4.90 Å². The lowest BCUT2D eigenvalue weighted by Crippen LogP contribution is -2.37. The molecule has 176 valence electrons. The van der Waals surface area contributed by atoms with Gasteiger partial charge in [-0.05, 0) is 12.1 Å². The molecule has 0 bridgehead atoms. The van der Waals surface area contributed by atoms with E-state index in [0.29, 0.717) is 6.54 Å². The summed E-state index contributed by atoms with van der Waals surface area (Å²) in [5, 5.41) is 18.1. The van der Waals surface area contributed by atoms with Gasteiger partial charge in [-0.25, -0.2) is 14.1 Å². The summed E-state index contributed by atoms with van der Waals surface area (Å²) in [7, 11) is 0. The Bertz CT molecular complexity index is 1060. The second-order valence-corrected chi connectivity index (χ2v) is 8.34. The van der Waals surface area contributed by atoms with Crippen LogP contribution in [-0.2, 0) is 39.5 Å². The minimum Gasteiger partial charge on any atom is -0.508 e. The highest BCUT2D eigenvalue weighted by Crippen LogP contribution is 2.38. The lowest BCUT2D eigenvalue weighted by Gasteiger charge is -2.29. The standard InChI is InChI=1S/C22H27FN6O4/c23-21-11-18(30)1-2-20(21)22(15-28-6-4-24-16-28)32-14-19(33-22)13-29-12-17(25-26-29)3-5-27-7-9-31-10-8-27/h1-2,4,6,11-12,16,19,30H,3,5,7-10,13-15H2/t19-,22-/m0/s1. The number of rotatable bonds is 8. The molecule has 1 N–H and O–H groups in total. The van der Waals surface area contributed by atoms with Gasteiger partial charge in [-0.1, -0.05) is 5.21 Å². The van der Waals surface area contributed by atoms with Crippen LogP contribution in [0, 0.1) is 5.82 Å². The average molecular weight is 458 g/mol. The van der Waals surface area contributed by atoms with Crippen LogP contribution in [0.3, 0.4) is 0 Å². The van der Waals surface area contributed by atoms with Gasteiger partial charge in [0, 0.05) is 56.3 Å². The summed E-state index contributed by atoms with van der Waals surface area (Å²) in [6.45, 7) is 5.24. The maximum absolute atomic E-state index is 14.8. The molecule has 2 fully saturated rings. The number of nitrogens with zero attached hydrogens (tertiary/aromatic N) is 6. The molecule has 0 aliphatic carbocycles. The van der Waals surface area contributed by atoms with E-state index >= 15 is 0 Å². The summed E-state index contributed by atoms with van der Waals surface area (Å²) in [5.41, 5.74) is 1.14. The number of aromatic hydroxyl groups is 1. The van der Waals surface area contributed by atoms with Crippen LogP contribution >= 0.6 is 0 Å². The van der Waals surface area contributed by atoms with Crippen LogP contribution in [0.5, 0.6) is 5.75 Å². The molecule has 0 amide bonds. The summed E-state index contributed by atoms with van der Waals surface area (Å²) in [6, 6.07) is 3.97. The molecule has 0 saturated carbocycles. The number of imidazole rings is 1. The maximum Gasteiger partial charge on any atom is 0.216 e. The number of benzene rings is 1. The molecule has 0 spiro atoms. The Hall–Kier alpha value is -2.86. The number of halogens is 1. The van der Waals surface area contributed by atoms with Crippen molar-refractivity contribution in [3.05, 3.63) is 60.2 Å². The molecule has 0 unspecified atom stereocenters. The van der Waals surface area contributed by atoms with Crippen LogP contribution < -0.4 is 0 Å². The molecule has 5 rings (SSSR count). The highest BCUT2D eigenvalue weighted by molar-refractivity contribution is 5.31. The summed E-state index contributed by atoms with van der Waals surface area (Å²) in [5.74, 6) is -2.10. The lowest BCUT2D eigenvalue weighted by atomic mass is 10.0. The molecule has 11 heteroatoms. The van der Waals surface area contributed by atoms with Gasteiger partial charge in [0.05, 0.1) is 44.9 Å². The Kier molecular flexibility index (Phi) is 6.36. The van der Waals surface area contributed by atoms with Crippen LogP contribution in [0.25, 0.3) is 0 Å². The second-order valence-electron chi connectivity index (χ2n) is 8.34. The fourth-order valence-corrected chi connectivity index (χ4v) is 4.25. The van der Waals surface area contributed by atoms with Gasteiger partial charge >= 0.3 is 0 Å². The van der Waals surface area contributed by atoms with Crippen LogP contribution in [-0.4, -0.2) is 80.1 Å². The summed E-state index contributed by atoms with van der Waals surface area (Å²) < 4.78 is 36.0. The zero-order chi connectivity index (χ0) is 22.7. The van der Waals surface area contributed by atoms with E-state index in [2.05, 4.69) is 20.2 Å². The average Bonchev–Trinajstić information content (AvgIpc) is 3.56. The van der Waals surface area contributed by atoms with Crippen molar-refractivity contribution < 1.29 is 23.7 Å². The zero-order valence-electron chi connectivity index (χ0n) is 18.2. The number of phenols is 1. The number of morpholine rings is 1. The van der Waals surface area contributed by atoms with E-state index in [1.165, 1.54) is 12.1 Å². The van der Waals surface area contributed by atoms with Crippen molar-refractivity contribution in [1.82, 2.24) is 29.4 Å². The molecule has 2 aliphatic heterocycles. The summed E-state index contributed by atoms with van der Waals surface area (Å²) in [6.07, 6.45) is 7.40. The van der Waals surface area contributed by atoms with Crippen molar-refractivity contribution in [2.45, 2.75) is 31.4 Å². The van der Waals surface area contributed by atoms with Crippen molar-refractivity contribution in [1.29, 1.82) is 0 Å². The third kappa shape index (κ3) is 5.06. The molecule has 2 atom stereocenters. The van der Waals surface area contributed by atoms with E-state index in [9.17, 15) is 9.50 Å². The Balaban J connectivity index is 1.26. The smallest absolute Gasteiger partial charge is 0.216 e. The van der Waals surface area contributed by atoms with Gasteiger partial charge in [-0.2, -0.15) is 0 Å². The van der Waals surface area contributed by atoms with Gasteiger partial charge < -0.3 is 23.9 Å². The molecule has 10 nitrogen and oxygen atoms in total. The van der Waals surface area contributed by atoms with Gasteiger partial charge in [0.1, 0.15) is 17.7 Å². The van der Waals surface area contributed by atoms with E-state index in [0.717, 1.165) is 51.0 Å². The highest BCUT2D eigenvalue weighted by Gasteiger charge is 2.45. The predicted octanol–water partition coefficient (Wildman–Crippen LogP) is 1.16. The van der Waals surface area contributed by atoms with Crippen molar-refractivity contribution in [2.24, 2.45) is 0 Å². The molecule has 1 aromatic carbocycles. The van der Waals surface area contributed by atoms with Crippen molar-refractivity contribution in [2.75, 3.05) is 39.5 Å². The van der Waals surface area contributed by atoms with E-state index in [1.54, 1.807) is 28.0 Å². The van der Waals surface area contributed by atoms with Crippen molar-refractivity contribution in [3.8, 4) is 5.75 Å². The first-order valence-electron chi connectivity index (χ1n) is 11.1. The minimum absolute atomic E-state index is 0.157. The monoisotopic (exact) mass is 458 g/mol. The Morgan fingerprint density at radius 2 is 2.12 bits per heavy atom. The summed E-state index contributed by atoms with van der Waals surface area (Å²) >= 11 is 0. The third-order valence-electron chi connectivity index (χ3n) is 5.94. The van der Waals surface area contributed by atoms with Crippen LogP contribution in [0.4, 0.5) is 4.39 Å². The fraction of sp³-hybridized carbons (Fsp3) is 0.500. The van der Waals surface area contributed by atoms with Crippen molar-refractivity contribution >= 4 is 0 Å². The Morgan fingerprint density at radius 3 is 2.91 bits per heavy atom. The third-order valence-corrected chi connectivity index (χ3v) is 5.94. The Labute approximate surface area is 190 Å². The van der Waals surface area contributed by atoms with Crippen molar-refractivity contribution in [3.63, 3.8) is 0 Å². The minimum atomic E-state index is -1.34. The molecule has 2 aliphatic rings. The second kappa shape index (κ2) is 9.56. The maximum atomic E-state index is 14.8. The topological polar surface area (TPSA) is 99.7 Å². The number of aromatic nitrogens is 5. The van der Waals surface area contributed by atoms with E-state index < -0.39 is 11.6 Å². The molecule has 33 heavy (non-hydrogen) atoms. The van der Waals surface area contributed by atoms with E-state index in [-0.39, 0.29) is 30.6 Å². The quantitative estimate of drug-likeness (QED) is 0.537. The highest BCUT2D eigenvalue weighted by atomic mass is 19.1. The van der Waals surface area contributed by atoms with Gasteiger partial charge in [0.25, 0.3) is 0 Å². The molecule has 2 saturated heterocycles. The molecule has 4 heterocycles. The fourth-order valence-electron chi connectivity index (χ4n) is 4.25. The summed E-state index contributed by atoms with van der Waals surface area (Å²) in [4.78, 5) is 6.41. The SMILES string of the molecule is Oc1ccc([C@@]2(Cn3ccnc3)OC[C@H](Cn3cc(CCN4CCOCC4)nn3)O2)c(F)c1. The molecular weight excluding hydrogens is 431 g/mol. The first-order valence-corrected chi connectivity index (χ1v) is 11.1. The first kappa shape index (κ1) is 22.0.